The van der Waals surface area contributed by atoms with Crippen LogP contribution in [0.25, 0.3) is 0 Å². The van der Waals surface area contributed by atoms with Crippen LogP contribution >= 0.6 is 11.8 Å². The molecule has 0 amide bonds. The molecule has 0 radical (unpaired) electrons. The number of thioether (sulfide) groups is 1. The molecular weight excluding hydrogens is 140 g/mol. The van der Waals surface area contributed by atoms with E-state index in [0.717, 1.165) is 0 Å². The molecule has 0 aromatic carbocycles. The molecular formula is C9H14S. The average Bonchev–Trinajstić information content (AvgIpc) is 1.98. The minimum absolute atomic E-state index is 1.29. The molecule has 56 valence electrons. The third kappa shape index (κ3) is 4.45. The highest BCUT2D eigenvalue weighted by Gasteiger charge is 1.82. The summed E-state index contributed by atoms with van der Waals surface area (Å²) in [6.07, 6.45) is 12.4. The van der Waals surface area contributed by atoms with Crippen molar-refractivity contribution in [2.75, 3.05) is 6.26 Å². The first-order valence-corrected chi connectivity index (χ1v) is 4.57. The summed E-state index contributed by atoms with van der Waals surface area (Å²) in [4.78, 5) is 1.29. The molecule has 0 aromatic rings. The van der Waals surface area contributed by atoms with Crippen molar-refractivity contribution in [2.45, 2.75) is 13.8 Å². The second-order valence-corrected chi connectivity index (χ2v) is 2.68. The lowest BCUT2D eigenvalue weighted by Crippen LogP contribution is -1.64. The van der Waals surface area contributed by atoms with Gasteiger partial charge in [-0.2, -0.15) is 0 Å². The van der Waals surface area contributed by atoms with E-state index >= 15 is 0 Å². The molecule has 0 fully saturated rings. The van der Waals surface area contributed by atoms with Gasteiger partial charge >= 0.3 is 0 Å². The summed E-state index contributed by atoms with van der Waals surface area (Å²) in [7, 11) is 0. The van der Waals surface area contributed by atoms with Crippen molar-refractivity contribution in [1.82, 2.24) is 0 Å². The summed E-state index contributed by atoms with van der Waals surface area (Å²) < 4.78 is 0. The van der Waals surface area contributed by atoms with Gasteiger partial charge in [0.15, 0.2) is 0 Å². The zero-order chi connectivity index (χ0) is 7.82. The van der Waals surface area contributed by atoms with Crippen LogP contribution in [0.15, 0.2) is 35.3 Å². The summed E-state index contributed by atoms with van der Waals surface area (Å²) >= 11 is 1.76. The van der Waals surface area contributed by atoms with Crippen molar-refractivity contribution >= 4 is 11.8 Å². The van der Waals surface area contributed by atoms with Gasteiger partial charge in [0.25, 0.3) is 0 Å². The van der Waals surface area contributed by atoms with Crippen molar-refractivity contribution in [3.8, 4) is 0 Å². The minimum Gasteiger partial charge on any atom is -0.130 e. The number of hydrogen-bond donors (Lipinski definition) is 0. The van der Waals surface area contributed by atoms with Crippen LogP contribution in [-0.4, -0.2) is 6.26 Å². The Labute approximate surface area is 67.7 Å². The van der Waals surface area contributed by atoms with E-state index in [0.29, 0.717) is 0 Å². The number of hydrogen-bond acceptors (Lipinski definition) is 1. The van der Waals surface area contributed by atoms with E-state index in [1.807, 2.05) is 32.1 Å². The van der Waals surface area contributed by atoms with Crippen LogP contribution in [-0.2, 0) is 0 Å². The van der Waals surface area contributed by atoms with Crippen LogP contribution in [0.3, 0.4) is 0 Å². The number of allylic oxidation sites excluding steroid dienone is 5. The number of rotatable bonds is 3. The molecule has 0 aromatic heterocycles. The fraction of sp³-hybridized carbons (Fsp3) is 0.333. The molecule has 0 aliphatic carbocycles. The second kappa shape index (κ2) is 6.69. The molecule has 0 atom stereocenters. The lowest BCUT2D eigenvalue weighted by molar-refractivity contribution is 1.69. The van der Waals surface area contributed by atoms with E-state index in [1.54, 1.807) is 11.8 Å². The van der Waals surface area contributed by atoms with Crippen molar-refractivity contribution in [1.29, 1.82) is 0 Å². The Morgan fingerprint density at radius 2 is 1.90 bits per heavy atom. The molecule has 0 aliphatic rings. The highest BCUT2D eigenvalue weighted by molar-refractivity contribution is 8.02. The van der Waals surface area contributed by atoms with E-state index in [-0.39, 0.29) is 0 Å². The maximum Gasteiger partial charge on any atom is 0.00657 e. The molecule has 0 saturated heterocycles. The zero-order valence-electron chi connectivity index (χ0n) is 6.79. The van der Waals surface area contributed by atoms with Crippen LogP contribution in [0.2, 0.25) is 0 Å². The normalized spacial score (nSPS) is 13.7. The predicted octanol–water partition coefficient (Wildman–Crippen LogP) is 3.39. The zero-order valence-corrected chi connectivity index (χ0v) is 7.61. The van der Waals surface area contributed by atoms with Gasteiger partial charge in [0.1, 0.15) is 0 Å². The van der Waals surface area contributed by atoms with Gasteiger partial charge in [-0.1, -0.05) is 24.3 Å². The fourth-order valence-corrected chi connectivity index (χ4v) is 1.03. The van der Waals surface area contributed by atoms with E-state index in [2.05, 4.69) is 18.4 Å². The molecule has 0 aliphatic heterocycles. The maximum absolute atomic E-state index is 2.10. The highest BCUT2D eigenvalue weighted by atomic mass is 32.2. The second-order valence-electron chi connectivity index (χ2n) is 1.80. The van der Waals surface area contributed by atoms with Gasteiger partial charge in [-0.15, -0.1) is 11.8 Å². The van der Waals surface area contributed by atoms with Gasteiger partial charge in [0, 0.05) is 4.91 Å². The van der Waals surface area contributed by atoms with Crippen LogP contribution < -0.4 is 0 Å². The summed E-state index contributed by atoms with van der Waals surface area (Å²) in [6.45, 7) is 4.05. The molecule has 0 nitrogen and oxygen atoms in total. The molecule has 1 heteroatoms. The first-order chi connectivity index (χ1) is 4.85. The Morgan fingerprint density at radius 1 is 1.20 bits per heavy atom. The first-order valence-electron chi connectivity index (χ1n) is 3.34. The van der Waals surface area contributed by atoms with Crippen molar-refractivity contribution in [3.63, 3.8) is 0 Å². The van der Waals surface area contributed by atoms with Crippen LogP contribution in [0.5, 0.6) is 0 Å². The lowest BCUT2D eigenvalue weighted by Gasteiger charge is -1.91. The summed E-state index contributed by atoms with van der Waals surface area (Å²) in [5.41, 5.74) is 0. The largest absolute Gasteiger partial charge is 0.130 e. The summed E-state index contributed by atoms with van der Waals surface area (Å²) in [5, 5.41) is 0. The topological polar surface area (TPSA) is 0 Å². The molecule has 0 spiro atoms. The van der Waals surface area contributed by atoms with Crippen LogP contribution in [0.4, 0.5) is 0 Å². The molecule has 0 rings (SSSR count). The smallest absolute Gasteiger partial charge is 0.00657 e. The third-order valence-electron chi connectivity index (χ3n) is 1.02. The molecule has 0 saturated carbocycles. The van der Waals surface area contributed by atoms with Crippen molar-refractivity contribution < 1.29 is 0 Å². The molecule has 0 unspecified atom stereocenters. The minimum atomic E-state index is 1.29. The SMILES string of the molecule is C\C=C/C=C(\C=C\C)SC. The van der Waals surface area contributed by atoms with E-state index in [4.69, 9.17) is 0 Å². The molecule has 0 bridgehead atoms. The monoisotopic (exact) mass is 154 g/mol. The third-order valence-corrected chi connectivity index (χ3v) is 1.76. The average molecular weight is 154 g/mol. The molecule has 10 heavy (non-hydrogen) atoms. The Bertz CT molecular complexity index is 152. The van der Waals surface area contributed by atoms with Gasteiger partial charge in [0.2, 0.25) is 0 Å². The maximum atomic E-state index is 2.10. The van der Waals surface area contributed by atoms with E-state index < -0.39 is 0 Å². The van der Waals surface area contributed by atoms with Gasteiger partial charge < -0.3 is 0 Å². The summed E-state index contributed by atoms with van der Waals surface area (Å²) in [6, 6.07) is 0. The Morgan fingerprint density at radius 3 is 2.30 bits per heavy atom. The van der Waals surface area contributed by atoms with E-state index in [9.17, 15) is 0 Å². The van der Waals surface area contributed by atoms with Gasteiger partial charge in [-0.05, 0) is 26.2 Å². The van der Waals surface area contributed by atoms with Gasteiger partial charge in [-0.3, -0.25) is 0 Å². The molecule has 0 heterocycles. The fourth-order valence-electron chi connectivity index (χ4n) is 0.547. The molecule has 0 N–H and O–H groups in total. The van der Waals surface area contributed by atoms with Crippen molar-refractivity contribution in [2.24, 2.45) is 0 Å². The standard InChI is InChI=1S/C9H14S/c1-4-6-8-9(10-3)7-5-2/h4-8H,1-3H3/b6-4-,7-5+,9-8+. The quantitative estimate of drug-likeness (QED) is 0.561. The Balaban J connectivity index is 4.04. The first kappa shape index (κ1) is 9.57. The Kier molecular flexibility index (Phi) is 6.40. The lowest BCUT2D eigenvalue weighted by atomic mass is 10.4. The van der Waals surface area contributed by atoms with Crippen LogP contribution in [0, 0.1) is 0 Å². The van der Waals surface area contributed by atoms with Gasteiger partial charge in [0.05, 0.1) is 0 Å². The van der Waals surface area contributed by atoms with E-state index in [1.165, 1.54) is 4.91 Å². The van der Waals surface area contributed by atoms with Crippen LogP contribution in [0.1, 0.15) is 13.8 Å². The van der Waals surface area contributed by atoms with Crippen molar-refractivity contribution in [3.05, 3.63) is 35.3 Å². The predicted molar refractivity (Wildman–Crippen MR) is 51.2 cm³/mol. The summed E-state index contributed by atoms with van der Waals surface area (Å²) in [5.74, 6) is 0. The Hall–Kier alpha value is -0.430. The van der Waals surface area contributed by atoms with Gasteiger partial charge in [-0.25, -0.2) is 0 Å². The highest BCUT2D eigenvalue weighted by Crippen LogP contribution is 2.12.